The number of carbonyl (C=O) groups excluding carboxylic acids is 3. The Labute approximate surface area is 399 Å². The molecule has 64 heavy (non-hydrogen) atoms. The van der Waals surface area contributed by atoms with Gasteiger partial charge >= 0.3 is 17.9 Å². The van der Waals surface area contributed by atoms with E-state index in [-0.39, 0.29) is 31.1 Å². The summed E-state index contributed by atoms with van der Waals surface area (Å²) in [6.07, 6.45) is 60.6. The van der Waals surface area contributed by atoms with Gasteiger partial charge in [0.25, 0.3) is 0 Å². The fourth-order valence-corrected chi connectivity index (χ4v) is 8.68. The minimum absolute atomic E-state index is 0.0667. The van der Waals surface area contributed by atoms with E-state index in [0.29, 0.717) is 19.3 Å². The molecule has 6 heteroatoms. The maximum absolute atomic E-state index is 12.8. The van der Waals surface area contributed by atoms with Crippen molar-refractivity contribution in [1.29, 1.82) is 0 Å². The third-order valence-corrected chi connectivity index (χ3v) is 13.0. The summed E-state index contributed by atoms with van der Waals surface area (Å²) in [7, 11) is 0. The highest BCUT2D eigenvalue weighted by atomic mass is 16.6. The lowest BCUT2D eigenvalue weighted by molar-refractivity contribution is -0.167. The Kier molecular flexibility index (Phi) is 52.2. The van der Waals surface area contributed by atoms with Crippen molar-refractivity contribution in [3.05, 3.63) is 12.2 Å². The number of hydrogen-bond donors (Lipinski definition) is 0. The van der Waals surface area contributed by atoms with Gasteiger partial charge in [0, 0.05) is 19.3 Å². The first-order valence-electron chi connectivity index (χ1n) is 28.7. The number of carbonyl (C=O) groups is 3. The molecule has 0 aromatic heterocycles. The van der Waals surface area contributed by atoms with Crippen LogP contribution in [-0.4, -0.2) is 37.2 Å². The molecule has 0 aliphatic carbocycles. The maximum atomic E-state index is 12.8. The van der Waals surface area contributed by atoms with E-state index in [1.807, 2.05) is 0 Å². The van der Waals surface area contributed by atoms with E-state index in [1.54, 1.807) is 0 Å². The monoisotopic (exact) mass is 903 g/mol. The minimum Gasteiger partial charge on any atom is -0.462 e. The van der Waals surface area contributed by atoms with Gasteiger partial charge in [0.2, 0.25) is 0 Å². The molecule has 0 rings (SSSR count). The van der Waals surface area contributed by atoms with Gasteiger partial charge < -0.3 is 14.2 Å². The number of unbranched alkanes of at least 4 members (excludes halogenated alkanes) is 40. The molecule has 0 aliphatic heterocycles. The molecular formula is C58H110O6. The summed E-state index contributed by atoms with van der Waals surface area (Å²) in [5, 5.41) is 0. The second kappa shape index (κ2) is 53.8. The fourth-order valence-electron chi connectivity index (χ4n) is 8.68. The third kappa shape index (κ3) is 51.1. The summed E-state index contributed by atoms with van der Waals surface area (Å²) in [5.74, 6) is -0.854. The predicted molar refractivity (Wildman–Crippen MR) is 275 cm³/mol. The summed E-state index contributed by atoms with van der Waals surface area (Å²) in [5.41, 5.74) is 0. The fraction of sp³-hybridized carbons (Fsp3) is 0.914. The van der Waals surface area contributed by atoms with E-state index >= 15 is 0 Å². The summed E-state index contributed by atoms with van der Waals surface area (Å²) in [4.78, 5) is 38.0. The van der Waals surface area contributed by atoms with Crippen LogP contribution in [0, 0.1) is 0 Å². The van der Waals surface area contributed by atoms with E-state index in [0.717, 1.165) is 64.2 Å². The molecule has 0 aromatic carbocycles. The van der Waals surface area contributed by atoms with E-state index in [4.69, 9.17) is 14.2 Å². The second-order valence-corrected chi connectivity index (χ2v) is 19.6. The number of ether oxygens (including phenoxy) is 3. The van der Waals surface area contributed by atoms with E-state index in [2.05, 4.69) is 32.9 Å². The molecule has 378 valence electrons. The summed E-state index contributed by atoms with van der Waals surface area (Å²) in [6, 6.07) is 0. The van der Waals surface area contributed by atoms with Crippen molar-refractivity contribution in [2.75, 3.05) is 13.2 Å². The molecule has 0 spiro atoms. The van der Waals surface area contributed by atoms with Gasteiger partial charge in [0.1, 0.15) is 13.2 Å². The van der Waals surface area contributed by atoms with Crippen LogP contribution < -0.4 is 0 Å². The van der Waals surface area contributed by atoms with Gasteiger partial charge in [0.05, 0.1) is 0 Å². The Bertz CT molecular complexity index is 993. The van der Waals surface area contributed by atoms with E-state index in [1.165, 1.54) is 218 Å². The van der Waals surface area contributed by atoms with Crippen LogP contribution in [0.15, 0.2) is 12.2 Å². The third-order valence-electron chi connectivity index (χ3n) is 13.0. The van der Waals surface area contributed by atoms with Gasteiger partial charge in [-0.1, -0.05) is 270 Å². The molecule has 1 atom stereocenters. The highest BCUT2D eigenvalue weighted by molar-refractivity contribution is 5.71. The SMILES string of the molecule is CCCCC/C=C\CCCCCCCC(=O)OCC(COC(=O)CCCCCCCCCCCCCCCCCCCCCCC)OC(=O)CCCCCCCCCCCCCCC. The summed E-state index contributed by atoms with van der Waals surface area (Å²) < 4.78 is 16.8. The molecule has 0 saturated heterocycles. The Morgan fingerprint density at radius 3 is 0.812 bits per heavy atom. The predicted octanol–water partition coefficient (Wildman–Crippen LogP) is 18.9. The van der Waals surface area contributed by atoms with Crippen molar-refractivity contribution in [1.82, 2.24) is 0 Å². The minimum atomic E-state index is -0.767. The average molecular weight is 904 g/mol. The molecule has 0 bridgehead atoms. The highest BCUT2D eigenvalue weighted by Gasteiger charge is 2.19. The van der Waals surface area contributed by atoms with Crippen molar-refractivity contribution >= 4 is 17.9 Å². The molecule has 0 heterocycles. The highest BCUT2D eigenvalue weighted by Crippen LogP contribution is 2.17. The number of esters is 3. The Hall–Kier alpha value is -1.85. The maximum Gasteiger partial charge on any atom is 0.306 e. The van der Waals surface area contributed by atoms with Crippen molar-refractivity contribution < 1.29 is 28.6 Å². The summed E-state index contributed by atoms with van der Waals surface area (Å²) in [6.45, 7) is 6.66. The molecule has 0 saturated carbocycles. The number of hydrogen-bond acceptors (Lipinski definition) is 6. The first-order chi connectivity index (χ1) is 31.5. The second-order valence-electron chi connectivity index (χ2n) is 19.6. The van der Waals surface area contributed by atoms with Gasteiger partial charge in [-0.25, -0.2) is 0 Å². The first kappa shape index (κ1) is 62.1. The first-order valence-corrected chi connectivity index (χ1v) is 28.7. The Morgan fingerprint density at radius 2 is 0.516 bits per heavy atom. The van der Waals surface area contributed by atoms with Crippen LogP contribution in [0.25, 0.3) is 0 Å². The molecule has 0 aromatic rings. The number of rotatable bonds is 53. The normalized spacial score (nSPS) is 12.0. The van der Waals surface area contributed by atoms with Crippen LogP contribution in [-0.2, 0) is 28.6 Å². The average Bonchev–Trinajstić information content (AvgIpc) is 3.29. The zero-order valence-corrected chi connectivity index (χ0v) is 43.3. The van der Waals surface area contributed by atoms with Gasteiger partial charge in [-0.05, 0) is 44.9 Å². The van der Waals surface area contributed by atoms with Crippen LogP contribution in [0.4, 0.5) is 0 Å². The lowest BCUT2D eigenvalue weighted by atomic mass is 10.0. The zero-order valence-electron chi connectivity index (χ0n) is 43.3. The molecule has 0 aliphatic rings. The standard InChI is InChI=1S/C58H110O6/c1-4-7-10-13-16-19-22-25-26-27-28-29-30-31-32-34-36-39-42-45-48-51-57(60)63-54-55(53-62-56(59)50-47-44-41-38-35-24-21-18-15-12-9-6-3)64-58(61)52-49-46-43-40-37-33-23-20-17-14-11-8-5-2/h18,21,55H,4-17,19-20,22-54H2,1-3H3/b21-18-. The van der Waals surface area contributed by atoms with E-state index in [9.17, 15) is 14.4 Å². The van der Waals surface area contributed by atoms with Crippen molar-refractivity contribution in [2.24, 2.45) is 0 Å². The Balaban J connectivity index is 4.23. The number of allylic oxidation sites excluding steroid dienone is 2. The Morgan fingerprint density at radius 1 is 0.297 bits per heavy atom. The smallest absolute Gasteiger partial charge is 0.306 e. The molecule has 0 fully saturated rings. The van der Waals surface area contributed by atoms with Crippen LogP contribution in [0.1, 0.15) is 323 Å². The molecular weight excluding hydrogens is 793 g/mol. The quantitative estimate of drug-likeness (QED) is 0.0262. The topological polar surface area (TPSA) is 78.9 Å². The molecule has 1 unspecified atom stereocenters. The lowest BCUT2D eigenvalue weighted by Crippen LogP contribution is -2.30. The van der Waals surface area contributed by atoms with Crippen LogP contribution in [0.5, 0.6) is 0 Å². The summed E-state index contributed by atoms with van der Waals surface area (Å²) >= 11 is 0. The molecule has 0 N–H and O–H groups in total. The van der Waals surface area contributed by atoms with Crippen molar-refractivity contribution in [2.45, 2.75) is 329 Å². The largest absolute Gasteiger partial charge is 0.462 e. The molecule has 0 radical (unpaired) electrons. The van der Waals surface area contributed by atoms with Gasteiger partial charge in [-0.2, -0.15) is 0 Å². The van der Waals surface area contributed by atoms with Gasteiger partial charge in [-0.3, -0.25) is 14.4 Å². The van der Waals surface area contributed by atoms with Crippen molar-refractivity contribution in [3.63, 3.8) is 0 Å². The molecule has 0 amide bonds. The van der Waals surface area contributed by atoms with Crippen molar-refractivity contribution in [3.8, 4) is 0 Å². The van der Waals surface area contributed by atoms with E-state index < -0.39 is 6.10 Å². The zero-order chi connectivity index (χ0) is 46.5. The lowest BCUT2D eigenvalue weighted by Gasteiger charge is -2.18. The molecule has 6 nitrogen and oxygen atoms in total. The van der Waals surface area contributed by atoms with Crippen LogP contribution in [0.2, 0.25) is 0 Å². The van der Waals surface area contributed by atoms with Crippen LogP contribution in [0.3, 0.4) is 0 Å². The van der Waals surface area contributed by atoms with Gasteiger partial charge in [-0.15, -0.1) is 0 Å². The van der Waals surface area contributed by atoms with Gasteiger partial charge in [0.15, 0.2) is 6.10 Å². The van der Waals surface area contributed by atoms with Crippen LogP contribution >= 0.6 is 0 Å².